The number of hydrogen-bond donors (Lipinski definition) is 0. The zero-order valence-corrected chi connectivity index (χ0v) is 23.5. The summed E-state index contributed by atoms with van der Waals surface area (Å²) in [6, 6.07) is -0.969. The molecule has 5 fully saturated rings. The third-order valence-electron chi connectivity index (χ3n) is 9.09. The summed E-state index contributed by atoms with van der Waals surface area (Å²) in [5.41, 5.74) is 0. The molecule has 0 unspecified atom stereocenters. The second-order valence-electron chi connectivity index (χ2n) is 11.8. The fourth-order valence-corrected chi connectivity index (χ4v) is 7.87. The van der Waals surface area contributed by atoms with E-state index in [0.717, 1.165) is 30.8 Å². The van der Waals surface area contributed by atoms with E-state index in [4.69, 9.17) is 0 Å². The Morgan fingerprint density at radius 3 is 2.25 bits per heavy atom. The van der Waals surface area contributed by atoms with Gasteiger partial charge in [-0.15, -0.1) is 0 Å². The number of fused-ring (bicyclic) bond motifs is 3. The molecule has 5 amide bonds. The van der Waals surface area contributed by atoms with Crippen LogP contribution in [0.2, 0.25) is 0 Å². The molecule has 4 atom stereocenters. The molecule has 2 bridgehead atoms. The molecule has 222 valence electrons. The van der Waals surface area contributed by atoms with Gasteiger partial charge in [0.25, 0.3) is 0 Å². The van der Waals surface area contributed by atoms with Gasteiger partial charge in [0.1, 0.15) is 25.3 Å². The average Bonchev–Trinajstić information content (AvgIpc) is 3.58. The first kappa shape index (κ1) is 28.7. The van der Waals surface area contributed by atoms with Gasteiger partial charge in [-0.1, -0.05) is 0 Å². The first-order valence-electron chi connectivity index (χ1n) is 14.3. The smallest absolute Gasteiger partial charge is 0.245 e. The molecule has 0 saturated carbocycles. The zero-order chi connectivity index (χ0) is 28.6. The third-order valence-corrected chi connectivity index (χ3v) is 10.7. The number of sulfone groups is 1. The van der Waals surface area contributed by atoms with Crippen LogP contribution in [0.5, 0.6) is 0 Å². The lowest BCUT2D eigenvalue weighted by atomic mass is 9.80. The summed E-state index contributed by atoms with van der Waals surface area (Å²) in [6.45, 7) is 0.930. The van der Waals surface area contributed by atoms with Crippen LogP contribution in [0.15, 0.2) is 0 Å². The molecule has 0 radical (unpaired) electrons. The summed E-state index contributed by atoms with van der Waals surface area (Å²) in [6.07, 6.45) is 1.20. The Bertz CT molecular complexity index is 1150. The van der Waals surface area contributed by atoms with E-state index in [1.165, 1.54) is 9.80 Å². The van der Waals surface area contributed by atoms with E-state index in [2.05, 4.69) is 0 Å². The van der Waals surface area contributed by atoms with Crippen LogP contribution in [0.1, 0.15) is 38.5 Å². The van der Waals surface area contributed by atoms with Crippen LogP contribution in [0.4, 0.5) is 4.39 Å². The first-order valence-corrected chi connectivity index (χ1v) is 16.1. The quantitative estimate of drug-likeness (QED) is 0.410. The zero-order valence-electron chi connectivity index (χ0n) is 22.7. The van der Waals surface area contributed by atoms with E-state index in [-0.39, 0.29) is 80.6 Å². The summed E-state index contributed by atoms with van der Waals surface area (Å²) in [7, 11) is -3.22. The van der Waals surface area contributed by atoms with Crippen molar-refractivity contribution in [2.24, 2.45) is 11.8 Å². The van der Waals surface area contributed by atoms with Gasteiger partial charge in [-0.3, -0.25) is 24.0 Å². The Balaban J connectivity index is 1.37. The number of rotatable bonds is 4. The Morgan fingerprint density at radius 2 is 1.55 bits per heavy atom. The first-order chi connectivity index (χ1) is 19.0. The van der Waals surface area contributed by atoms with Crippen LogP contribution in [0.25, 0.3) is 0 Å². The van der Waals surface area contributed by atoms with Gasteiger partial charge in [0.05, 0.1) is 18.1 Å². The highest BCUT2D eigenvalue weighted by atomic mass is 32.2. The molecule has 40 heavy (non-hydrogen) atoms. The molecule has 0 aromatic rings. The molecule has 5 heterocycles. The molecular weight excluding hydrogens is 545 g/mol. The number of carbonyl (C=O) groups is 5. The summed E-state index contributed by atoms with van der Waals surface area (Å²) >= 11 is 0. The highest BCUT2D eigenvalue weighted by Gasteiger charge is 2.45. The maximum absolute atomic E-state index is 14.5. The van der Waals surface area contributed by atoms with E-state index >= 15 is 0 Å². The van der Waals surface area contributed by atoms with Crippen molar-refractivity contribution in [1.82, 2.24) is 24.5 Å². The van der Waals surface area contributed by atoms with Crippen LogP contribution >= 0.6 is 0 Å². The molecular formula is C26H38FN5O7S. The van der Waals surface area contributed by atoms with Gasteiger partial charge < -0.3 is 24.5 Å². The molecule has 0 spiro atoms. The second kappa shape index (κ2) is 11.6. The fraction of sp³-hybridized carbons (Fsp3) is 0.808. The number of carbonyl (C=O) groups excluding carboxylic acids is 5. The molecule has 5 rings (SSSR count). The number of likely N-dealkylation sites (tertiary alicyclic amines) is 1. The summed E-state index contributed by atoms with van der Waals surface area (Å²) in [5.74, 6) is -2.62. The minimum absolute atomic E-state index is 0.0155. The van der Waals surface area contributed by atoms with E-state index in [9.17, 15) is 36.8 Å². The van der Waals surface area contributed by atoms with E-state index < -0.39 is 52.9 Å². The average molecular weight is 584 g/mol. The van der Waals surface area contributed by atoms with Gasteiger partial charge in [0.15, 0.2) is 9.84 Å². The maximum atomic E-state index is 14.5. The highest BCUT2D eigenvalue weighted by molar-refractivity contribution is 7.91. The predicted octanol–water partition coefficient (Wildman–Crippen LogP) is -1.11. The van der Waals surface area contributed by atoms with Crippen LogP contribution in [-0.4, -0.2) is 145 Å². The summed E-state index contributed by atoms with van der Waals surface area (Å²) in [4.78, 5) is 73.7. The lowest BCUT2D eigenvalue weighted by Crippen LogP contribution is -2.53. The van der Waals surface area contributed by atoms with Gasteiger partial charge in [-0.25, -0.2) is 12.8 Å². The summed E-state index contributed by atoms with van der Waals surface area (Å²) < 4.78 is 38.1. The Hall–Kier alpha value is -2.77. The number of piperidine rings is 1. The van der Waals surface area contributed by atoms with Gasteiger partial charge in [0, 0.05) is 58.5 Å². The molecule has 0 N–H and O–H groups in total. The van der Waals surface area contributed by atoms with E-state index in [1.54, 1.807) is 4.90 Å². The predicted molar refractivity (Wildman–Crippen MR) is 140 cm³/mol. The highest BCUT2D eigenvalue weighted by Crippen LogP contribution is 2.33. The summed E-state index contributed by atoms with van der Waals surface area (Å²) in [5, 5.41) is 0. The van der Waals surface area contributed by atoms with Crippen molar-refractivity contribution >= 4 is 39.4 Å². The van der Waals surface area contributed by atoms with Gasteiger partial charge in [0.2, 0.25) is 29.5 Å². The SMILES string of the molecule is O=C(C[C@@H]1CCN2C[C@@H]1CC(=O)N(CC(=O)N1CCS(=O)(=O)CC1)CC(=O)N1C[C@@H](F)C[C@H]1C2=O)N1CCCC1. The van der Waals surface area contributed by atoms with Gasteiger partial charge in [-0.05, 0) is 31.1 Å². The molecule has 0 aromatic carbocycles. The lowest BCUT2D eigenvalue weighted by molar-refractivity contribution is -0.147. The number of amides is 5. The standard InChI is InChI=1S/C26H38FN5O7S/c27-20-13-21-26(37)30-6-3-18(11-22(33)28-4-1-2-5-28)19(14-30)12-23(34)31(17-25(36)32(21)15-20)16-24(35)29-7-9-40(38,39)10-8-29/h18-21H,1-17H2/t18-,19-,20-,21-/m0/s1. The van der Waals surface area contributed by atoms with Crippen LogP contribution in [0.3, 0.4) is 0 Å². The second-order valence-corrected chi connectivity index (χ2v) is 14.1. The van der Waals surface area contributed by atoms with Crippen molar-refractivity contribution in [3.05, 3.63) is 0 Å². The molecule has 5 aliphatic heterocycles. The molecule has 0 aliphatic carbocycles. The Kier molecular flexibility index (Phi) is 8.35. The molecule has 14 heteroatoms. The van der Waals surface area contributed by atoms with Gasteiger partial charge >= 0.3 is 0 Å². The minimum Gasteiger partial charge on any atom is -0.343 e. The lowest BCUT2D eigenvalue weighted by Gasteiger charge is -2.40. The van der Waals surface area contributed by atoms with Crippen molar-refractivity contribution in [3.8, 4) is 0 Å². The molecule has 5 aliphatic rings. The monoisotopic (exact) mass is 583 g/mol. The normalized spacial score (nSPS) is 31.3. The number of halogens is 1. The fourth-order valence-electron chi connectivity index (χ4n) is 6.67. The van der Waals surface area contributed by atoms with Crippen LogP contribution in [-0.2, 0) is 33.8 Å². The Labute approximate surface area is 233 Å². The minimum atomic E-state index is -3.22. The Morgan fingerprint density at radius 1 is 0.875 bits per heavy atom. The molecule has 12 nitrogen and oxygen atoms in total. The van der Waals surface area contributed by atoms with Crippen LogP contribution in [0, 0.1) is 11.8 Å². The van der Waals surface area contributed by atoms with Gasteiger partial charge in [-0.2, -0.15) is 0 Å². The van der Waals surface area contributed by atoms with Crippen molar-refractivity contribution in [2.45, 2.75) is 50.7 Å². The molecule has 5 saturated heterocycles. The van der Waals surface area contributed by atoms with E-state index in [1.807, 2.05) is 4.90 Å². The maximum Gasteiger partial charge on any atom is 0.245 e. The number of alkyl halides is 1. The number of nitrogens with zero attached hydrogens (tertiary/aromatic N) is 5. The topological polar surface area (TPSA) is 136 Å². The van der Waals surface area contributed by atoms with Crippen LogP contribution < -0.4 is 0 Å². The molecule has 0 aromatic heterocycles. The largest absolute Gasteiger partial charge is 0.343 e. The van der Waals surface area contributed by atoms with E-state index in [0.29, 0.717) is 13.0 Å². The van der Waals surface area contributed by atoms with Crippen molar-refractivity contribution in [1.29, 1.82) is 0 Å². The number of hydrogen-bond acceptors (Lipinski definition) is 7. The van der Waals surface area contributed by atoms with Crippen molar-refractivity contribution < 1.29 is 36.8 Å². The van der Waals surface area contributed by atoms with Crippen molar-refractivity contribution in [2.75, 3.05) is 70.4 Å². The third kappa shape index (κ3) is 6.26. The van der Waals surface area contributed by atoms with Crippen molar-refractivity contribution in [3.63, 3.8) is 0 Å².